The lowest BCUT2D eigenvalue weighted by molar-refractivity contribution is 0.364. The molecule has 0 radical (unpaired) electrons. The van der Waals surface area contributed by atoms with Crippen molar-refractivity contribution in [3.63, 3.8) is 0 Å². The molecule has 2 rings (SSSR count). The molecule has 3 nitrogen and oxygen atoms in total. The van der Waals surface area contributed by atoms with E-state index in [9.17, 15) is 8.42 Å². The van der Waals surface area contributed by atoms with Crippen LogP contribution in [-0.2, 0) is 22.3 Å². The van der Waals surface area contributed by atoms with Gasteiger partial charge < -0.3 is 0 Å². The topological polar surface area (TPSA) is 37.4 Å². The fourth-order valence-corrected chi connectivity index (χ4v) is 5.41. The highest BCUT2D eigenvalue weighted by molar-refractivity contribution is 9.11. The molecule has 0 unspecified atom stereocenters. The van der Waals surface area contributed by atoms with E-state index in [0.717, 1.165) is 14.2 Å². The molecule has 0 saturated heterocycles. The molecule has 0 aliphatic rings. The summed E-state index contributed by atoms with van der Waals surface area (Å²) >= 11 is 5.00. The smallest absolute Gasteiger partial charge is 0.212 e. The highest BCUT2D eigenvalue weighted by Crippen LogP contribution is 2.25. The van der Waals surface area contributed by atoms with Crippen LogP contribution in [0.3, 0.4) is 0 Å². The Balaban J connectivity index is 2.19. The molecule has 2 aromatic rings. The Hall–Kier alpha value is -0.690. The molecule has 0 bridgehead atoms. The van der Waals surface area contributed by atoms with Crippen molar-refractivity contribution in [2.24, 2.45) is 5.92 Å². The maximum absolute atomic E-state index is 12.8. The van der Waals surface area contributed by atoms with E-state index in [-0.39, 0.29) is 11.7 Å². The van der Waals surface area contributed by atoms with Gasteiger partial charge in [-0.15, -0.1) is 11.3 Å². The SMILES string of the molecule is CC(C)CN(Cc1ccc(Br)s1)S(=O)(=O)Cc1ccccc1. The quantitative estimate of drug-likeness (QED) is 0.684. The summed E-state index contributed by atoms with van der Waals surface area (Å²) in [5, 5.41) is 0. The maximum Gasteiger partial charge on any atom is 0.218 e. The molecular formula is C16H20BrNO2S2. The number of hydrogen-bond acceptors (Lipinski definition) is 3. The molecule has 0 saturated carbocycles. The fraction of sp³-hybridized carbons (Fsp3) is 0.375. The van der Waals surface area contributed by atoms with E-state index >= 15 is 0 Å². The zero-order chi connectivity index (χ0) is 16.2. The van der Waals surface area contributed by atoms with Crippen LogP contribution in [0.15, 0.2) is 46.3 Å². The maximum atomic E-state index is 12.8. The van der Waals surface area contributed by atoms with Gasteiger partial charge >= 0.3 is 0 Å². The van der Waals surface area contributed by atoms with Gasteiger partial charge in [-0.1, -0.05) is 44.2 Å². The van der Waals surface area contributed by atoms with Gasteiger partial charge in [0.1, 0.15) is 0 Å². The van der Waals surface area contributed by atoms with Crippen molar-refractivity contribution >= 4 is 37.3 Å². The predicted molar refractivity (Wildman–Crippen MR) is 96.3 cm³/mol. The summed E-state index contributed by atoms with van der Waals surface area (Å²) in [5.74, 6) is 0.335. The lowest BCUT2D eigenvalue weighted by Crippen LogP contribution is -2.34. The summed E-state index contributed by atoms with van der Waals surface area (Å²) in [6.07, 6.45) is 0. The Kier molecular flexibility index (Phi) is 6.20. The number of thiophene rings is 1. The van der Waals surface area contributed by atoms with Crippen LogP contribution in [0.1, 0.15) is 24.3 Å². The molecule has 0 aliphatic heterocycles. The van der Waals surface area contributed by atoms with Crippen LogP contribution >= 0.6 is 27.3 Å². The third kappa shape index (κ3) is 5.19. The van der Waals surface area contributed by atoms with Crippen LogP contribution in [0.4, 0.5) is 0 Å². The van der Waals surface area contributed by atoms with Gasteiger partial charge in [0.05, 0.1) is 9.54 Å². The molecule has 22 heavy (non-hydrogen) atoms. The molecular weight excluding hydrogens is 382 g/mol. The van der Waals surface area contributed by atoms with Crippen LogP contribution in [0.2, 0.25) is 0 Å². The first-order valence-electron chi connectivity index (χ1n) is 7.13. The Morgan fingerprint density at radius 2 is 1.82 bits per heavy atom. The van der Waals surface area contributed by atoms with Crippen molar-refractivity contribution in [1.29, 1.82) is 0 Å². The summed E-state index contributed by atoms with van der Waals surface area (Å²) in [6.45, 7) is 5.04. The highest BCUT2D eigenvalue weighted by atomic mass is 79.9. The fourth-order valence-electron chi connectivity index (χ4n) is 2.17. The van der Waals surface area contributed by atoms with E-state index < -0.39 is 10.0 Å². The Morgan fingerprint density at radius 3 is 2.36 bits per heavy atom. The lowest BCUT2D eigenvalue weighted by Gasteiger charge is -2.23. The van der Waals surface area contributed by atoms with E-state index in [2.05, 4.69) is 15.9 Å². The van der Waals surface area contributed by atoms with Gasteiger partial charge in [0.25, 0.3) is 0 Å². The minimum Gasteiger partial charge on any atom is -0.212 e. The Bertz CT molecular complexity index is 696. The minimum absolute atomic E-state index is 0.0487. The second kappa shape index (κ2) is 7.73. The predicted octanol–water partition coefficient (Wildman–Crippen LogP) is 4.50. The summed E-state index contributed by atoms with van der Waals surface area (Å²) < 4.78 is 28.2. The van der Waals surface area contributed by atoms with Crippen molar-refractivity contribution in [2.75, 3.05) is 6.54 Å². The number of benzene rings is 1. The summed E-state index contributed by atoms with van der Waals surface area (Å²) in [6, 6.07) is 13.3. The summed E-state index contributed by atoms with van der Waals surface area (Å²) in [7, 11) is -3.33. The van der Waals surface area contributed by atoms with Crippen molar-refractivity contribution in [2.45, 2.75) is 26.1 Å². The summed E-state index contributed by atoms with van der Waals surface area (Å²) in [5.41, 5.74) is 0.823. The average molecular weight is 402 g/mol. The molecule has 0 N–H and O–H groups in total. The zero-order valence-electron chi connectivity index (χ0n) is 12.7. The van der Waals surface area contributed by atoms with Gasteiger partial charge in [0.15, 0.2) is 0 Å². The molecule has 6 heteroatoms. The van der Waals surface area contributed by atoms with Gasteiger partial charge in [-0.3, -0.25) is 0 Å². The van der Waals surface area contributed by atoms with Gasteiger partial charge in [-0.05, 0) is 39.5 Å². The molecule has 1 aromatic heterocycles. The Labute approximate surface area is 145 Å². The second-order valence-corrected chi connectivity index (χ2v) is 10.2. The van der Waals surface area contributed by atoms with E-state index in [1.807, 2.05) is 56.3 Å². The van der Waals surface area contributed by atoms with Gasteiger partial charge in [0.2, 0.25) is 10.0 Å². The van der Waals surface area contributed by atoms with Crippen molar-refractivity contribution < 1.29 is 8.42 Å². The van der Waals surface area contributed by atoms with E-state index in [1.54, 1.807) is 15.6 Å². The standard InChI is InChI=1S/C16H20BrNO2S2/c1-13(2)10-18(11-15-8-9-16(17)21-15)22(19,20)12-14-6-4-3-5-7-14/h3-9,13H,10-12H2,1-2H3. The number of hydrogen-bond donors (Lipinski definition) is 0. The molecule has 0 spiro atoms. The van der Waals surface area contributed by atoms with Crippen molar-refractivity contribution in [3.05, 3.63) is 56.7 Å². The lowest BCUT2D eigenvalue weighted by atomic mass is 10.2. The molecule has 0 aliphatic carbocycles. The van der Waals surface area contributed by atoms with E-state index in [0.29, 0.717) is 13.1 Å². The van der Waals surface area contributed by atoms with Gasteiger partial charge in [-0.2, -0.15) is 4.31 Å². The molecule has 0 fully saturated rings. The monoisotopic (exact) mass is 401 g/mol. The van der Waals surface area contributed by atoms with Crippen LogP contribution in [0, 0.1) is 5.92 Å². The second-order valence-electron chi connectivity index (χ2n) is 5.63. The Morgan fingerprint density at radius 1 is 1.14 bits per heavy atom. The molecule has 0 atom stereocenters. The molecule has 1 aromatic carbocycles. The first kappa shape index (κ1) is 17.7. The zero-order valence-corrected chi connectivity index (χ0v) is 15.9. The van der Waals surface area contributed by atoms with Crippen molar-refractivity contribution in [3.8, 4) is 0 Å². The molecule has 120 valence electrons. The van der Waals surface area contributed by atoms with Crippen LogP contribution in [0.5, 0.6) is 0 Å². The first-order valence-corrected chi connectivity index (χ1v) is 10.3. The number of sulfonamides is 1. The van der Waals surface area contributed by atoms with Crippen LogP contribution < -0.4 is 0 Å². The highest BCUT2D eigenvalue weighted by Gasteiger charge is 2.24. The van der Waals surface area contributed by atoms with Crippen molar-refractivity contribution in [1.82, 2.24) is 4.31 Å². The normalized spacial score (nSPS) is 12.2. The number of nitrogens with zero attached hydrogens (tertiary/aromatic N) is 1. The molecule has 0 amide bonds. The number of rotatable bonds is 7. The first-order chi connectivity index (χ1) is 10.4. The third-order valence-electron chi connectivity index (χ3n) is 3.12. The van der Waals surface area contributed by atoms with Crippen LogP contribution in [0.25, 0.3) is 0 Å². The van der Waals surface area contributed by atoms with Gasteiger partial charge in [0, 0.05) is 18.0 Å². The van der Waals surface area contributed by atoms with Gasteiger partial charge in [-0.25, -0.2) is 8.42 Å². The number of halogens is 1. The minimum atomic E-state index is -3.33. The summed E-state index contributed by atoms with van der Waals surface area (Å²) in [4.78, 5) is 1.05. The average Bonchev–Trinajstić information content (AvgIpc) is 2.84. The van der Waals surface area contributed by atoms with E-state index in [1.165, 1.54) is 0 Å². The largest absolute Gasteiger partial charge is 0.218 e. The van der Waals surface area contributed by atoms with Crippen LogP contribution in [-0.4, -0.2) is 19.3 Å². The third-order valence-corrected chi connectivity index (χ3v) is 6.49. The molecule has 1 heterocycles. The van der Waals surface area contributed by atoms with E-state index in [4.69, 9.17) is 0 Å².